The second-order valence-electron chi connectivity index (χ2n) is 14.2. The Morgan fingerprint density at radius 1 is 0.414 bits per heavy atom. The number of allylic oxidation sites excluding steroid dienone is 2. The molecule has 0 aliphatic rings. The van der Waals surface area contributed by atoms with E-state index in [9.17, 15) is 21.0 Å². The van der Waals surface area contributed by atoms with Gasteiger partial charge < -0.3 is 0 Å². The lowest BCUT2D eigenvalue weighted by atomic mass is 10.1. The fourth-order valence-corrected chi connectivity index (χ4v) is 14.2. The summed E-state index contributed by atoms with van der Waals surface area (Å²) >= 11 is 10.9. The Kier molecular flexibility index (Phi) is 15.7. The van der Waals surface area contributed by atoms with Gasteiger partial charge in [0.15, 0.2) is 0 Å². The Morgan fingerprint density at radius 3 is 1.05 bits per heavy atom. The lowest BCUT2D eigenvalue weighted by Crippen LogP contribution is -1.84. The normalized spacial score (nSPS) is 10.8. The van der Waals surface area contributed by atoms with E-state index in [1.807, 2.05) is 69.6 Å². The highest BCUT2D eigenvalue weighted by Gasteiger charge is 2.21. The number of hydrogen-bond donors (Lipinski definition) is 0. The van der Waals surface area contributed by atoms with E-state index >= 15 is 0 Å². The van der Waals surface area contributed by atoms with Crippen molar-refractivity contribution >= 4 is 80.2 Å². The summed E-state index contributed by atoms with van der Waals surface area (Å²) in [6, 6.07) is 26.5. The molecule has 6 aromatic heterocycles. The van der Waals surface area contributed by atoms with E-state index < -0.39 is 0 Å². The molecule has 58 heavy (non-hydrogen) atoms. The smallest absolute Gasteiger partial charge is 0.131 e. The third kappa shape index (κ3) is 10.3. The minimum absolute atomic E-state index is 0.138. The minimum Gasteiger partial charge on any atom is -0.192 e. The quantitative estimate of drug-likeness (QED) is 0.0758. The molecule has 0 aliphatic carbocycles. The highest BCUT2D eigenvalue weighted by molar-refractivity contribution is 7.30. The average molecular weight is 871 g/mol. The van der Waals surface area contributed by atoms with E-state index in [4.69, 9.17) is 0 Å². The van der Waals surface area contributed by atoms with Crippen LogP contribution >= 0.6 is 68.0 Å². The zero-order chi connectivity index (χ0) is 41.0. The first-order valence-electron chi connectivity index (χ1n) is 20.1. The van der Waals surface area contributed by atoms with Gasteiger partial charge in [0.2, 0.25) is 0 Å². The Bertz CT molecular complexity index is 2370. The van der Waals surface area contributed by atoms with E-state index in [2.05, 4.69) is 76.2 Å². The van der Waals surface area contributed by atoms with Gasteiger partial charge in [0.05, 0.1) is 0 Å². The summed E-state index contributed by atoms with van der Waals surface area (Å²) in [6.45, 7) is 8.93. The Balaban J connectivity index is 1.34. The summed E-state index contributed by atoms with van der Waals surface area (Å²) in [5, 5.41) is 37.7. The largest absolute Gasteiger partial charge is 0.192 e. The number of hydrogen-bond acceptors (Lipinski definition) is 10. The van der Waals surface area contributed by atoms with Crippen molar-refractivity contribution in [2.45, 2.75) is 105 Å². The summed E-state index contributed by atoms with van der Waals surface area (Å²) in [7, 11) is 0. The second-order valence-corrected chi connectivity index (χ2v) is 20.7. The van der Waals surface area contributed by atoms with Gasteiger partial charge in [0, 0.05) is 58.5 Å². The molecule has 10 heteroatoms. The summed E-state index contributed by atoms with van der Waals surface area (Å²) in [5.41, 5.74) is 5.68. The van der Waals surface area contributed by atoms with Gasteiger partial charge in [-0.1, -0.05) is 53.4 Å². The first-order chi connectivity index (χ1) is 28.4. The molecule has 0 amide bonds. The molecule has 0 radical (unpaired) electrons. The summed E-state index contributed by atoms with van der Waals surface area (Å²) < 4.78 is 0. The predicted octanol–water partition coefficient (Wildman–Crippen LogP) is 16.6. The maximum Gasteiger partial charge on any atom is 0.131 e. The van der Waals surface area contributed by atoms with E-state index in [-0.39, 0.29) is 11.1 Å². The maximum atomic E-state index is 9.42. The summed E-state index contributed by atoms with van der Waals surface area (Å²) in [6.07, 6.45) is 16.5. The van der Waals surface area contributed by atoms with Crippen molar-refractivity contribution in [1.29, 1.82) is 21.0 Å². The fraction of sp³-hybridized carbons (Fsp3) is 0.333. The highest BCUT2D eigenvalue weighted by atomic mass is 32.1. The van der Waals surface area contributed by atoms with Crippen molar-refractivity contribution in [2.75, 3.05) is 0 Å². The number of aryl methyl sites for hydroxylation is 4. The van der Waals surface area contributed by atoms with Crippen LogP contribution in [0.5, 0.6) is 0 Å². The van der Waals surface area contributed by atoms with Crippen LogP contribution in [0.25, 0.3) is 60.9 Å². The van der Waals surface area contributed by atoms with Crippen LogP contribution in [0.2, 0.25) is 0 Å². The SMILES string of the molecule is CCCCc1cc(C=C(C#N)C#N)sc1-c1cc(CCCC)c(-c2ccc(-c3ccc(-c4sc(-c5sc(C=C(C#N)C#N)cc5CCCC)cc4CCCC)s3)s2)s1. The van der Waals surface area contributed by atoms with Gasteiger partial charge in [-0.05, 0) is 134 Å². The number of nitrogens with zero attached hydrogens (tertiary/aromatic N) is 4. The molecule has 0 fully saturated rings. The van der Waals surface area contributed by atoms with Crippen molar-refractivity contribution < 1.29 is 0 Å². The van der Waals surface area contributed by atoms with Gasteiger partial charge in [-0.3, -0.25) is 0 Å². The molecule has 6 heterocycles. The number of rotatable bonds is 19. The molecule has 0 aromatic carbocycles. The van der Waals surface area contributed by atoms with Crippen LogP contribution in [0, 0.1) is 45.3 Å². The van der Waals surface area contributed by atoms with Crippen molar-refractivity contribution in [2.24, 2.45) is 0 Å². The molecule has 0 unspecified atom stereocenters. The lowest BCUT2D eigenvalue weighted by Gasteiger charge is -2.00. The van der Waals surface area contributed by atoms with Crippen molar-refractivity contribution in [1.82, 2.24) is 0 Å². The van der Waals surface area contributed by atoms with Crippen LogP contribution in [0.1, 0.15) is 111 Å². The molecule has 0 aliphatic heterocycles. The molecule has 294 valence electrons. The van der Waals surface area contributed by atoms with Crippen LogP contribution < -0.4 is 0 Å². The maximum absolute atomic E-state index is 9.42. The van der Waals surface area contributed by atoms with Crippen LogP contribution in [-0.2, 0) is 25.7 Å². The van der Waals surface area contributed by atoms with Crippen LogP contribution in [0.4, 0.5) is 0 Å². The number of nitriles is 4. The molecule has 0 atom stereocenters. The third-order valence-corrected chi connectivity index (χ3v) is 17.6. The Labute approximate surface area is 368 Å². The average Bonchev–Trinajstić information content (AvgIpc) is 4.10. The minimum atomic E-state index is 0.138. The zero-order valence-corrected chi connectivity index (χ0v) is 38.4. The molecule has 6 rings (SSSR count). The zero-order valence-electron chi connectivity index (χ0n) is 33.5. The number of thiophene rings is 6. The van der Waals surface area contributed by atoms with E-state index in [1.54, 1.807) is 34.8 Å². The van der Waals surface area contributed by atoms with E-state index in [0.717, 1.165) is 86.8 Å². The van der Waals surface area contributed by atoms with Gasteiger partial charge in [0.1, 0.15) is 35.4 Å². The lowest BCUT2D eigenvalue weighted by molar-refractivity contribution is 0.797. The number of unbranched alkanes of at least 4 members (excludes halogenated alkanes) is 4. The van der Waals surface area contributed by atoms with Gasteiger partial charge in [-0.25, -0.2) is 0 Å². The van der Waals surface area contributed by atoms with Crippen LogP contribution in [-0.4, -0.2) is 0 Å². The van der Waals surface area contributed by atoms with Crippen molar-refractivity contribution in [3.05, 3.63) is 91.7 Å². The van der Waals surface area contributed by atoms with E-state index in [0.29, 0.717) is 0 Å². The predicted molar refractivity (Wildman–Crippen MR) is 254 cm³/mol. The topological polar surface area (TPSA) is 95.2 Å². The molecule has 0 spiro atoms. The Morgan fingerprint density at radius 2 is 0.724 bits per heavy atom. The standard InChI is InChI=1S/C48H46N4S6/c1-5-9-13-33-23-37(21-31(27-49)28-50)53-47(33)43-25-35(15-11-7-3)45(57-43)41-19-17-39(55-41)40-18-20-42(56-40)46-36(16-12-8-4)26-44(58-46)48-34(14-10-6-2)24-38(54-48)22-32(29-51)30-52/h17-26H,5-16H2,1-4H3. The first-order valence-corrected chi connectivity index (χ1v) is 25.0. The van der Waals surface area contributed by atoms with Crippen LogP contribution in [0.3, 0.4) is 0 Å². The van der Waals surface area contributed by atoms with Gasteiger partial charge in [-0.15, -0.1) is 68.0 Å². The molecule has 0 bridgehead atoms. The third-order valence-electron chi connectivity index (χ3n) is 9.88. The first kappa shape index (κ1) is 43.2. The molecular formula is C48H46N4S6. The van der Waals surface area contributed by atoms with Crippen molar-refractivity contribution in [3.63, 3.8) is 0 Å². The molecule has 0 saturated heterocycles. The van der Waals surface area contributed by atoms with Gasteiger partial charge in [0.25, 0.3) is 0 Å². The second kappa shape index (κ2) is 21.1. The fourth-order valence-electron chi connectivity index (χ4n) is 6.82. The van der Waals surface area contributed by atoms with E-state index in [1.165, 1.54) is 71.0 Å². The molecule has 6 aromatic rings. The van der Waals surface area contributed by atoms with Gasteiger partial charge >= 0.3 is 0 Å². The monoisotopic (exact) mass is 870 g/mol. The molecular weight excluding hydrogens is 825 g/mol. The molecule has 4 nitrogen and oxygen atoms in total. The molecule has 0 saturated carbocycles. The van der Waals surface area contributed by atoms with Crippen molar-refractivity contribution in [3.8, 4) is 73.0 Å². The van der Waals surface area contributed by atoms with Crippen LogP contribution in [0.15, 0.2) is 59.7 Å². The highest BCUT2D eigenvalue weighted by Crippen LogP contribution is 2.50. The summed E-state index contributed by atoms with van der Waals surface area (Å²) in [4.78, 5) is 14.9. The summed E-state index contributed by atoms with van der Waals surface area (Å²) in [5.74, 6) is 0. The Hall–Kier alpha value is -4.36. The molecule has 0 N–H and O–H groups in total. The van der Waals surface area contributed by atoms with Gasteiger partial charge in [-0.2, -0.15) is 21.0 Å².